The number of para-hydroxylation sites is 1. The number of hydrogen-bond donors (Lipinski definition) is 0. The van der Waals surface area contributed by atoms with Gasteiger partial charge in [-0.15, -0.1) is 10.2 Å². The molecule has 0 spiro atoms. The molecule has 154 valence electrons. The van der Waals surface area contributed by atoms with Crippen molar-refractivity contribution >= 4 is 28.4 Å². The average molecular weight is 423 g/mol. The quantitative estimate of drug-likeness (QED) is 0.459. The Morgan fingerprint density at radius 1 is 1.23 bits per heavy atom. The van der Waals surface area contributed by atoms with Crippen LogP contribution in [0.25, 0.3) is 22.4 Å². The first-order chi connectivity index (χ1) is 14.7. The fraction of sp³-hybridized carbons (Fsp3) is 0.318. The fourth-order valence-electron chi connectivity index (χ4n) is 3.87. The molecule has 0 aliphatic carbocycles. The van der Waals surface area contributed by atoms with Gasteiger partial charge in [0.25, 0.3) is 5.56 Å². The lowest BCUT2D eigenvalue weighted by atomic mass is 10.2. The number of hydrogen-bond acceptors (Lipinski definition) is 6. The number of ether oxygens (including phenoxy) is 2. The molecule has 1 aliphatic heterocycles. The van der Waals surface area contributed by atoms with Crippen LogP contribution in [0.1, 0.15) is 12.0 Å². The summed E-state index contributed by atoms with van der Waals surface area (Å²) in [7, 11) is 1.60. The molecule has 2 aromatic carbocycles. The van der Waals surface area contributed by atoms with Crippen molar-refractivity contribution in [2.24, 2.45) is 5.92 Å². The van der Waals surface area contributed by atoms with E-state index in [1.807, 2.05) is 53.8 Å². The van der Waals surface area contributed by atoms with Crippen LogP contribution in [0.5, 0.6) is 5.75 Å². The molecule has 3 heterocycles. The van der Waals surface area contributed by atoms with Crippen molar-refractivity contribution in [1.82, 2.24) is 19.2 Å². The van der Waals surface area contributed by atoms with E-state index in [0.717, 1.165) is 41.6 Å². The van der Waals surface area contributed by atoms with Crippen molar-refractivity contribution < 1.29 is 9.47 Å². The van der Waals surface area contributed by atoms with Gasteiger partial charge in [-0.2, -0.15) is 0 Å². The van der Waals surface area contributed by atoms with E-state index in [9.17, 15) is 4.79 Å². The monoisotopic (exact) mass is 422 g/mol. The SMILES string of the molecule is COc1ccc(C)cc1-n1c(=O)c2ccccc2n2c(SCC3CCOC3)nnc12. The Kier molecular flexibility index (Phi) is 4.96. The van der Waals surface area contributed by atoms with Crippen molar-refractivity contribution in [3.05, 3.63) is 58.4 Å². The maximum Gasteiger partial charge on any atom is 0.267 e. The molecule has 0 radical (unpaired) electrons. The normalized spacial score (nSPS) is 16.5. The molecule has 1 saturated heterocycles. The van der Waals surface area contributed by atoms with Gasteiger partial charge in [-0.3, -0.25) is 9.20 Å². The molecule has 7 nitrogen and oxygen atoms in total. The van der Waals surface area contributed by atoms with E-state index in [0.29, 0.717) is 28.5 Å². The van der Waals surface area contributed by atoms with Gasteiger partial charge in [0.1, 0.15) is 5.75 Å². The van der Waals surface area contributed by atoms with E-state index in [1.54, 1.807) is 23.4 Å². The van der Waals surface area contributed by atoms with E-state index in [1.165, 1.54) is 0 Å². The standard InChI is InChI=1S/C22H22N4O3S/c1-14-7-8-19(28-2)18(11-14)25-20(27)16-5-3-4-6-17(16)26-21(25)23-24-22(26)30-13-15-9-10-29-12-15/h3-8,11,15H,9-10,12-13H2,1-2H3. The summed E-state index contributed by atoms with van der Waals surface area (Å²) in [6.45, 7) is 3.60. The van der Waals surface area contributed by atoms with Crippen molar-refractivity contribution in [3.63, 3.8) is 0 Å². The zero-order valence-electron chi connectivity index (χ0n) is 16.9. The molecule has 5 rings (SSSR count). The molecule has 0 bridgehead atoms. The van der Waals surface area contributed by atoms with Crippen molar-refractivity contribution in [3.8, 4) is 11.4 Å². The Balaban J connectivity index is 1.76. The van der Waals surface area contributed by atoms with Crippen LogP contribution >= 0.6 is 11.8 Å². The summed E-state index contributed by atoms with van der Waals surface area (Å²) in [6.07, 6.45) is 1.07. The molecule has 1 aliphatic rings. The molecule has 0 N–H and O–H groups in total. The van der Waals surface area contributed by atoms with Crippen molar-refractivity contribution in [1.29, 1.82) is 0 Å². The van der Waals surface area contributed by atoms with Crippen LogP contribution in [0.2, 0.25) is 0 Å². The Morgan fingerprint density at radius 2 is 2.10 bits per heavy atom. The topological polar surface area (TPSA) is 70.7 Å². The second-order valence-corrected chi connectivity index (χ2v) is 8.48. The van der Waals surface area contributed by atoms with Gasteiger partial charge in [0.15, 0.2) is 5.16 Å². The summed E-state index contributed by atoms with van der Waals surface area (Å²) in [6, 6.07) is 13.4. The Labute approximate surface area is 177 Å². The lowest BCUT2D eigenvalue weighted by Gasteiger charge is -2.15. The minimum atomic E-state index is -0.143. The molecule has 2 aromatic heterocycles. The highest BCUT2D eigenvalue weighted by molar-refractivity contribution is 7.99. The zero-order valence-corrected chi connectivity index (χ0v) is 17.7. The van der Waals surface area contributed by atoms with E-state index < -0.39 is 0 Å². The van der Waals surface area contributed by atoms with Crippen LogP contribution in [-0.4, -0.2) is 45.2 Å². The number of nitrogens with zero attached hydrogens (tertiary/aromatic N) is 4. The van der Waals surface area contributed by atoms with Gasteiger partial charge in [-0.05, 0) is 49.1 Å². The van der Waals surface area contributed by atoms with Crippen molar-refractivity contribution in [2.45, 2.75) is 18.5 Å². The molecular weight excluding hydrogens is 400 g/mol. The van der Waals surface area contributed by atoms with Crippen LogP contribution in [0.3, 0.4) is 0 Å². The minimum Gasteiger partial charge on any atom is -0.495 e. The van der Waals surface area contributed by atoms with E-state index in [2.05, 4.69) is 10.2 Å². The average Bonchev–Trinajstić information content (AvgIpc) is 3.43. The lowest BCUT2D eigenvalue weighted by Crippen LogP contribution is -2.22. The van der Waals surface area contributed by atoms with Crippen LogP contribution in [-0.2, 0) is 4.74 Å². The van der Waals surface area contributed by atoms with Gasteiger partial charge in [0.05, 0.1) is 30.3 Å². The molecule has 8 heteroatoms. The summed E-state index contributed by atoms with van der Waals surface area (Å²) in [5, 5.41) is 10.3. The molecule has 1 atom stereocenters. The van der Waals surface area contributed by atoms with Crippen LogP contribution in [0.15, 0.2) is 52.4 Å². The largest absolute Gasteiger partial charge is 0.495 e. The molecular formula is C22H22N4O3S. The number of rotatable bonds is 5. The van der Waals surface area contributed by atoms with Crippen LogP contribution < -0.4 is 10.3 Å². The number of fused-ring (bicyclic) bond motifs is 3. The summed E-state index contributed by atoms with van der Waals surface area (Å²) in [5.41, 5.74) is 2.34. The maximum atomic E-state index is 13.5. The molecule has 0 amide bonds. The second-order valence-electron chi connectivity index (χ2n) is 7.49. The van der Waals surface area contributed by atoms with Gasteiger partial charge >= 0.3 is 0 Å². The molecule has 0 saturated carbocycles. The number of thioether (sulfide) groups is 1. The molecule has 4 aromatic rings. The van der Waals surface area contributed by atoms with E-state index in [4.69, 9.17) is 9.47 Å². The van der Waals surface area contributed by atoms with E-state index >= 15 is 0 Å². The first kappa shape index (κ1) is 19.1. The predicted octanol–water partition coefficient (Wildman–Crippen LogP) is 3.48. The first-order valence-electron chi connectivity index (χ1n) is 9.92. The summed E-state index contributed by atoms with van der Waals surface area (Å²) in [4.78, 5) is 13.5. The first-order valence-corrected chi connectivity index (χ1v) is 10.9. The van der Waals surface area contributed by atoms with Crippen molar-refractivity contribution in [2.75, 3.05) is 26.1 Å². The van der Waals surface area contributed by atoms with Crippen LogP contribution in [0.4, 0.5) is 0 Å². The third kappa shape index (κ3) is 3.16. The number of benzene rings is 2. The predicted molar refractivity (Wildman–Crippen MR) is 117 cm³/mol. The third-order valence-electron chi connectivity index (χ3n) is 5.44. The molecule has 30 heavy (non-hydrogen) atoms. The lowest BCUT2D eigenvalue weighted by molar-refractivity contribution is 0.189. The smallest absolute Gasteiger partial charge is 0.267 e. The highest BCUT2D eigenvalue weighted by Crippen LogP contribution is 2.29. The summed E-state index contributed by atoms with van der Waals surface area (Å²) in [5.74, 6) is 2.51. The van der Waals surface area contributed by atoms with Gasteiger partial charge in [-0.1, -0.05) is 30.0 Å². The van der Waals surface area contributed by atoms with Gasteiger partial charge in [0, 0.05) is 12.4 Å². The van der Waals surface area contributed by atoms with Gasteiger partial charge < -0.3 is 9.47 Å². The van der Waals surface area contributed by atoms with Gasteiger partial charge in [0.2, 0.25) is 5.78 Å². The Morgan fingerprint density at radius 3 is 2.90 bits per heavy atom. The number of aromatic nitrogens is 4. The second kappa shape index (κ2) is 7.77. The summed E-state index contributed by atoms with van der Waals surface area (Å²) >= 11 is 1.65. The third-order valence-corrected chi connectivity index (χ3v) is 6.60. The van der Waals surface area contributed by atoms with Crippen LogP contribution in [0, 0.1) is 12.8 Å². The summed E-state index contributed by atoms with van der Waals surface area (Å²) < 4.78 is 14.6. The van der Waals surface area contributed by atoms with Gasteiger partial charge in [-0.25, -0.2) is 4.57 Å². The minimum absolute atomic E-state index is 0.143. The zero-order chi connectivity index (χ0) is 20.7. The molecule has 1 unspecified atom stereocenters. The van der Waals surface area contributed by atoms with E-state index in [-0.39, 0.29) is 5.56 Å². The number of aryl methyl sites for hydroxylation is 1. The maximum absolute atomic E-state index is 13.5. The number of methoxy groups -OCH3 is 1. The highest BCUT2D eigenvalue weighted by Gasteiger charge is 2.22. The fourth-order valence-corrected chi connectivity index (χ4v) is 4.93. The Hall–Kier alpha value is -2.84. The molecule has 1 fully saturated rings. The highest BCUT2D eigenvalue weighted by atomic mass is 32.2. The Bertz CT molecular complexity index is 1290.